The van der Waals surface area contributed by atoms with Crippen molar-refractivity contribution in [2.75, 3.05) is 13.2 Å². The van der Waals surface area contributed by atoms with Crippen LogP contribution in [-0.4, -0.2) is 29.7 Å². The molecule has 2 aromatic rings. The van der Waals surface area contributed by atoms with E-state index in [4.69, 9.17) is 16.3 Å². The Morgan fingerprint density at radius 2 is 2.25 bits per heavy atom. The summed E-state index contributed by atoms with van der Waals surface area (Å²) in [6.45, 7) is 5.17. The molecule has 1 N–H and O–H groups in total. The second kappa shape index (κ2) is 6.95. The van der Waals surface area contributed by atoms with Gasteiger partial charge in [0.15, 0.2) is 0 Å². The third-order valence-corrected chi connectivity index (χ3v) is 4.54. The number of hydrogen-bond acceptors (Lipinski definition) is 3. The fourth-order valence-electron chi connectivity index (χ4n) is 3.02. The van der Waals surface area contributed by atoms with Gasteiger partial charge in [0, 0.05) is 35.8 Å². The molecule has 1 unspecified atom stereocenters. The van der Waals surface area contributed by atoms with Gasteiger partial charge in [-0.05, 0) is 44.9 Å². The van der Waals surface area contributed by atoms with Gasteiger partial charge in [0.2, 0.25) is 5.43 Å². The highest BCUT2D eigenvalue weighted by atomic mass is 35.5. The maximum Gasteiger partial charge on any atom is 0.256 e. The first kappa shape index (κ1) is 17.0. The Balaban J connectivity index is 1.98. The van der Waals surface area contributed by atoms with E-state index in [1.54, 1.807) is 18.3 Å². The topological polar surface area (TPSA) is 60.3 Å². The highest BCUT2D eigenvalue weighted by Crippen LogP contribution is 2.20. The van der Waals surface area contributed by atoms with Crippen molar-refractivity contribution in [2.24, 2.45) is 0 Å². The first-order valence-corrected chi connectivity index (χ1v) is 8.59. The fraction of sp³-hybridized carbons (Fsp3) is 0.444. The third kappa shape index (κ3) is 3.32. The smallest absolute Gasteiger partial charge is 0.256 e. The summed E-state index contributed by atoms with van der Waals surface area (Å²) in [7, 11) is 0. The summed E-state index contributed by atoms with van der Waals surface area (Å²) < 4.78 is 7.43. The van der Waals surface area contributed by atoms with E-state index in [-0.39, 0.29) is 29.0 Å². The average molecular weight is 349 g/mol. The van der Waals surface area contributed by atoms with E-state index in [9.17, 15) is 9.59 Å². The second-order valence-corrected chi connectivity index (χ2v) is 6.82. The number of nitrogens with zero attached hydrogens (tertiary/aromatic N) is 1. The van der Waals surface area contributed by atoms with Gasteiger partial charge in [0.25, 0.3) is 5.91 Å². The molecule has 1 aliphatic heterocycles. The number of nitrogens with one attached hydrogen (secondary N) is 1. The van der Waals surface area contributed by atoms with Crippen molar-refractivity contribution in [2.45, 2.75) is 38.8 Å². The number of ether oxygens (including phenoxy) is 1. The van der Waals surface area contributed by atoms with E-state index in [1.807, 2.05) is 24.5 Å². The van der Waals surface area contributed by atoms with E-state index in [2.05, 4.69) is 5.32 Å². The zero-order chi connectivity index (χ0) is 17.3. The maximum absolute atomic E-state index is 12.7. The molecule has 128 valence electrons. The van der Waals surface area contributed by atoms with Gasteiger partial charge in [-0.1, -0.05) is 11.6 Å². The Morgan fingerprint density at radius 1 is 1.46 bits per heavy atom. The summed E-state index contributed by atoms with van der Waals surface area (Å²) in [6.07, 6.45) is 3.61. The Kier molecular flexibility index (Phi) is 4.92. The van der Waals surface area contributed by atoms with Gasteiger partial charge < -0.3 is 14.6 Å². The molecule has 5 nitrogen and oxygen atoms in total. The van der Waals surface area contributed by atoms with Crippen LogP contribution in [0.15, 0.2) is 29.2 Å². The largest absolute Gasteiger partial charge is 0.376 e. The number of amides is 1. The van der Waals surface area contributed by atoms with Crippen LogP contribution < -0.4 is 10.7 Å². The molecule has 1 saturated heterocycles. The highest BCUT2D eigenvalue weighted by molar-refractivity contribution is 6.31. The molecule has 2 heterocycles. The number of hydrogen-bond donors (Lipinski definition) is 1. The molecule has 0 spiro atoms. The molecule has 0 aliphatic carbocycles. The molecule has 1 aromatic heterocycles. The summed E-state index contributed by atoms with van der Waals surface area (Å²) >= 11 is 6.04. The van der Waals surface area contributed by atoms with Crippen molar-refractivity contribution < 1.29 is 9.53 Å². The summed E-state index contributed by atoms with van der Waals surface area (Å²) in [5, 5.41) is 3.75. The van der Waals surface area contributed by atoms with Crippen LogP contribution in [0.25, 0.3) is 10.9 Å². The lowest BCUT2D eigenvalue weighted by molar-refractivity contribution is 0.0856. The van der Waals surface area contributed by atoms with Gasteiger partial charge in [-0.25, -0.2) is 0 Å². The fourth-order valence-corrected chi connectivity index (χ4v) is 3.20. The molecule has 1 atom stereocenters. The minimum Gasteiger partial charge on any atom is -0.376 e. The number of fused-ring (bicyclic) bond motifs is 1. The number of aromatic nitrogens is 1. The Morgan fingerprint density at radius 3 is 2.92 bits per heavy atom. The monoisotopic (exact) mass is 348 g/mol. The molecule has 1 aromatic carbocycles. The Bertz CT molecular complexity index is 823. The standard InChI is InChI=1S/C18H21ClN2O3/c1-11(2)21-10-15(18(23)20-9-13-4-3-7-24-13)17(22)14-8-12(19)5-6-16(14)21/h5-6,8,10-11,13H,3-4,7,9H2,1-2H3,(H,20,23). The summed E-state index contributed by atoms with van der Waals surface area (Å²) in [5.41, 5.74) is 0.612. The molecule has 24 heavy (non-hydrogen) atoms. The SMILES string of the molecule is CC(C)n1cc(C(=O)NCC2CCCO2)c(=O)c2cc(Cl)ccc21. The minimum absolute atomic E-state index is 0.0381. The number of carbonyl (C=O) groups excluding carboxylic acids is 1. The number of halogens is 1. The van der Waals surface area contributed by atoms with E-state index < -0.39 is 0 Å². The molecule has 1 amide bonds. The van der Waals surface area contributed by atoms with E-state index >= 15 is 0 Å². The molecular weight excluding hydrogens is 328 g/mol. The predicted molar refractivity (Wildman–Crippen MR) is 94.9 cm³/mol. The zero-order valence-corrected chi connectivity index (χ0v) is 14.6. The summed E-state index contributed by atoms with van der Waals surface area (Å²) in [4.78, 5) is 25.2. The third-order valence-electron chi connectivity index (χ3n) is 4.31. The average Bonchev–Trinajstić information content (AvgIpc) is 3.06. The molecule has 1 fully saturated rings. The van der Waals surface area contributed by atoms with Crippen LogP contribution in [-0.2, 0) is 4.74 Å². The first-order chi connectivity index (χ1) is 11.5. The molecule has 3 rings (SSSR count). The van der Waals surface area contributed by atoms with Gasteiger partial charge >= 0.3 is 0 Å². The Labute approximate surface area is 145 Å². The van der Waals surface area contributed by atoms with Gasteiger partial charge in [0.05, 0.1) is 11.6 Å². The van der Waals surface area contributed by atoms with E-state index in [0.29, 0.717) is 17.0 Å². The van der Waals surface area contributed by atoms with Crippen LogP contribution in [0, 0.1) is 0 Å². The summed E-state index contributed by atoms with van der Waals surface area (Å²) in [6, 6.07) is 5.29. The van der Waals surface area contributed by atoms with Crippen LogP contribution in [0.4, 0.5) is 0 Å². The molecular formula is C18H21ClN2O3. The second-order valence-electron chi connectivity index (χ2n) is 6.38. The summed E-state index contributed by atoms with van der Waals surface area (Å²) in [5.74, 6) is -0.369. The lowest BCUT2D eigenvalue weighted by Crippen LogP contribution is -2.35. The van der Waals surface area contributed by atoms with Crippen molar-refractivity contribution >= 4 is 28.4 Å². The van der Waals surface area contributed by atoms with Crippen LogP contribution in [0.3, 0.4) is 0 Å². The molecule has 0 bridgehead atoms. The molecule has 0 saturated carbocycles. The van der Waals surface area contributed by atoms with Gasteiger partial charge in [-0.2, -0.15) is 0 Å². The molecule has 6 heteroatoms. The quantitative estimate of drug-likeness (QED) is 0.923. The van der Waals surface area contributed by atoms with Crippen molar-refractivity contribution in [1.82, 2.24) is 9.88 Å². The van der Waals surface area contributed by atoms with Gasteiger partial charge in [-0.15, -0.1) is 0 Å². The van der Waals surface area contributed by atoms with Crippen molar-refractivity contribution in [3.8, 4) is 0 Å². The maximum atomic E-state index is 12.7. The predicted octanol–water partition coefficient (Wildman–Crippen LogP) is 3.14. The van der Waals surface area contributed by atoms with Gasteiger partial charge in [-0.3, -0.25) is 9.59 Å². The van der Waals surface area contributed by atoms with Crippen LogP contribution in [0.5, 0.6) is 0 Å². The normalized spacial score (nSPS) is 17.6. The Hall–Kier alpha value is -1.85. The first-order valence-electron chi connectivity index (χ1n) is 8.21. The van der Waals surface area contributed by atoms with Crippen molar-refractivity contribution in [3.63, 3.8) is 0 Å². The number of pyridine rings is 1. The lowest BCUT2D eigenvalue weighted by Gasteiger charge is -2.17. The highest BCUT2D eigenvalue weighted by Gasteiger charge is 2.20. The van der Waals surface area contributed by atoms with E-state index in [1.165, 1.54) is 0 Å². The lowest BCUT2D eigenvalue weighted by atomic mass is 10.1. The zero-order valence-electron chi connectivity index (χ0n) is 13.8. The number of carbonyl (C=O) groups is 1. The molecule has 1 aliphatic rings. The van der Waals surface area contributed by atoms with Crippen LogP contribution >= 0.6 is 11.6 Å². The van der Waals surface area contributed by atoms with Crippen molar-refractivity contribution in [1.29, 1.82) is 0 Å². The molecule has 0 radical (unpaired) electrons. The van der Waals surface area contributed by atoms with Crippen LogP contribution in [0.1, 0.15) is 43.1 Å². The number of rotatable bonds is 4. The van der Waals surface area contributed by atoms with Crippen molar-refractivity contribution in [3.05, 3.63) is 45.2 Å². The van der Waals surface area contributed by atoms with Gasteiger partial charge in [0.1, 0.15) is 5.56 Å². The number of benzene rings is 1. The van der Waals surface area contributed by atoms with E-state index in [0.717, 1.165) is 25.0 Å². The van der Waals surface area contributed by atoms with Crippen LogP contribution in [0.2, 0.25) is 5.02 Å². The minimum atomic E-state index is -0.369.